The maximum Gasteiger partial charge on any atom is 0.246 e. The van der Waals surface area contributed by atoms with Crippen molar-refractivity contribution in [2.75, 3.05) is 118 Å². The number of hydrogen-bond donors (Lipinski definition) is 3. The standard InChI is InChI=1S/C34H67N5O3.C9H18N2O.C6H12Br2.C6H9NO.4CH4.2BrH/c1-29(37-24-16-20-30(37)40)19-15-21-34(5,6)32(42)36-23-18-28-39(9,10)26-14-12-11-13-25-38(7,8)27-17-22-35-31(41)33(2,3)4;1-8(2)9(12)10-6-5-7-11(3)4;7-5-3-1-2-4-6-8;1-2-7-5-3-4-6(7)8;;;;;;/h29H,11-28H2,1-10H3;1,5-7H2,2-4H3,(H,10,12);1-6H2;2H,1,3-5H2;4*1H4;2*1H. The molecule has 76 heavy (non-hydrogen) atoms. The fraction of sp³-hybridized carbons (Fsp3) is 0.847. The molecule has 2 aliphatic heterocycles. The third-order valence-electron chi connectivity index (χ3n) is 12.9. The fourth-order valence-electron chi connectivity index (χ4n) is 7.98. The molecule has 0 spiro atoms. The van der Waals surface area contributed by atoms with Gasteiger partial charge in [-0.05, 0) is 111 Å². The van der Waals surface area contributed by atoms with Crippen LogP contribution in [0.15, 0.2) is 24.9 Å². The average molecular weight is 1350 g/mol. The zero-order valence-electron chi connectivity index (χ0n) is 48.1. The number of rotatable bonds is 32. The Balaban J connectivity index is -0.000000184. The Morgan fingerprint density at radius 1 is 0.658 bits per heavy atom. The third-order valence-corrected chi connectivity index (χ3v) is 14.0. The molecule has 5 amide bonds. The van der Waals surface area contributed by atoms with Crippen LogP contribution in [0.3, 0.4) is 0 Å². The molecule has 13 nitrogen and oxygen atoms in total. The van der Waals surface area contributed by atoms with Crippen molar-refractivity contribution in [3.63, 3.8) is 0 Å². The van der Waals surface area contributed by atoms with Gasteiger partial charge in [0.25, 0.3) is 0 Å². The van der Waals surface area contributed by atoms with E-state index in [9.17, 15) is 24.0 Å². The highest BCUT2D eigenvalue weighted by atomic mass is 79.9. The summed E-state index contributed by atoms with van der Waals surface area (Å²) in [6, 6.07) is 0.273. The number of halogens is 4. The summed E-state index contributed by atoms with van der Waals surface area (Å²) in [5.74, 6) is 0.724. The maximum absolute atomic E-state index is 12.9. The zero-order valence-corrected chi connectivity index (χ0v) is 54.4. The predicted octanol–water partition coefficient (Wildman–Crippen LogP) is 6.24. The number of hydrogen-bond acceptors (Lipinski definition) is 6. The molecule has 1 atom stereocenters. The van der Waals surface area contributed by atoms with Gasteiger partial charge in [-0.3, -0.25) is 24.0 Å². The minimum atomic E-state index is -0.380. The molecule has 2 heterocycles. The molecule has 2 rings (SSSR count). The Bertz CT molecular complexity index is 1490. The molecule has 1 unspecified atom stereocenters. The summed E-state index contributed by atoms with van der Waals surface area (Å²) in [5.41, 5.74) is -0.129. The highest BCUT2D eigenvalue weighted by Crippen LogP contribution is 2.26. The number of carbonyl (C=O) groups is 5. The summed E-state index contributed by atoms with van der Waals surface area (Å²) in [7, 11) is 13.2. The monoisotopic (exact) mass is 1340 g/mol. The van der Waals surface area contributed by atoms with Crippen LogP contribution in [0.2, 0.25) is 0 Å². The summed E-state index contributed by atoms with van der Waals surface area (Å²) in [5, 5.41) is 11.3. The summed E-state index contributed by atoms with van der Waals surface area (Å²) < 4.78 is 2.00. The number of alkyl halides is 2. The topological polar surface area (TPSA) is 131 Å². The molecule has 2 saturated heterocycles. The van der Waals surface area contributed by atoms with E-state index in [1.54, 1.807) is 18.0 Å². The molecule has 0 aliphatic carbocycles. The highest BCUT2D eigenvalue weighted by molar-refractivity contribution is 9.09. The largest absolute Gasteiger partial charge is 1.00 e. The molecule has 0 aromatic heterocycles. The number of amides is 5. The second-order valence-corrected chi connectivity index (χ2v) is 24.4. The minimum Gasteiger partial charge on any atom is -1.00 e. The first-order chi connectivity index (χ1) is 32.7. The molecule has 0 radical (unpaired) electrons. The summed E-state index contributed by atoms with van der Waals surface area (Å²) >= 11 is 6.78. The molecule has 0 aromatic rings. The van der Waals surface area contributed by atoms with E-state index in [1.165, 1.54) is 64.5 Å². The Labute approximate surface area is 509 Å². The van der Waals surface area contributed by atoms with Crippen LogP contribution in [-0.4, -0.2) is 178 Å². The van der Waals surface area contributed by atoms with Crippen LogP contribution in [-0.2, 0) is 24.0 Å². The molecule has 2 aliphatic rings. The number of nitrogens with one attached hydrogen (secondary N) is 3. The Kier molecular flexibility index (Phi) is 62.1. The first-order valence-corrected chi connectivity index (χ1v) is 29.0. The summed E-state index contributed by atoms with van der Waals surface area (Å²) in [6.07, 6.45) is 21.1. The summed E-state index contributed by atoms with van der Waals surface area (Å²) in [4.78, 5) is 64.2. The number of carbonyl (C=O) groups excluding carboxylic acids is 5. The van der Waals surface area contributed by atoms with E-state index in [1.807, 2.05) is 53.6 Å². The molecule has 0 aromatic carbocycles. The van der Waals surface area contributed by atoms with Crippen molar-refractivity contribution in [2.45, 2.75) is 200 Å². The maximum atomic E-state index is 12.9. The molecular formula is C59H124Br4N8O5. The van der Waals surface area contributed by atoms with Crippen LogP contribution in [0, 0.1) is 10.8 Å². The first-order valence-electron chi connectivity index (χ1n) is 26.8. The molecule has 458 valence electrons. The van der Waals surface area contributed by atoms with Gasteiger partial charge >= 0.3 is 0 Å². The third kappa shape index (κ3) is 49.7. The van der Waals surface area contributed by atoms with E-state index in [-0.39, 0.29) is 110 Å². The van der Waals surface area contributed by atoms with Gasteiger partial charge in [0, 0.05) is 91.5 Å². The Hall–Kier alpha value is -1.37. The SMILES string of the molecule is BrCCCCCCBr.C.C.C.C.C=C(C)C(=O)NCCCN(C)C.C=CN1CCCC1=O.CC(CCCC(C)(C)C(=O)NCCC[N+](C)(C)CCCCCC[N+](C)(C)CCCNC(=O)C(C)(C)C)N1CCCC1=O.[Br-].[Br-]. The quantitative estimate of drug-likeness (QED) is 0.0317. The smallest absolute Gasteiger partial charge is 0.246 e. The van der Waals surface area contributed by atoms with E-state index in [2.05, 4.69) is 101 Å². The van der Waals surface area contributed by atoms with E-state index in [4.69, 9.17) is 0 Å². The van der Waals surface area contributed by atoms with E-state index >= 15 is 0 Å². The van der Waals surface area contributed by atoms with Gasteiger partial charge in [0.15, 0.2) is 0 Å². The minimum absolute atomic E-state index is 0. The Morgan fingerprint density at radius 2 is 1.08 bits per heavy atom. The molecular weight excluding hydrogens is 1220 g/mol. The van der Waals surface area contributed by atoms with E-state index < -0.39 is 0 Å². The number of quaternary nitrogens is 2. The average Bonchev–Trinajstić information content (AvgIpc) is 3.92. The number of unbranched alkanes of at least 4 members (excludes halogenated alkanes) is 6. The fourth-order valence-corrected chi connectivity index (χ4v) is 8.77. The number of nitrogens with zero attached hydrogens (tertiary/aromatic N) is 5. The van der Waals surface area contributed by atoms with Crippen LogP contribution in [0.4, 0.5) is 0 Å². The lowest BCUT2D eigenvalue weighted by Gasteiger charge is -2.31. The van der Waals surface area contributed by atoms with E-state index in [0.29, 0.717) is 18.4 Å². The highest BCUT2D eigenvalue weighted by Gasteiger charge is 2.29. The van der Waals surface area contributed by atoms with Crippen molar-refractivity contribution in [3.8, 4) is 0 Å². The van der Waals surface area contributed by atoms with Gasteiger partial charge in [0.2, 0.25) is 29.5 Å². The van der Waals surface area contributed by atoms with Crippen LogP contribution >= 0.6 is 31.9 Å². The predicted molar refractivity (Wildman–Crippen MR) is 330 cm³/mol. The van der Waals surface area contributed by atoms with Crippen LogP contribution < -0.4 is 49.9 Å². The lowest BCUT2D eigenvalue weighted by atomic mass is 9.85. The van der Waals surface area contributed by atoms with Gasteiger partial charge in [-0.25, -0.2) is 0 Å². The second kappa shape index (κ2) is 51.8. The summed E-state index contributed by atoms with van der Waals surface area (Å²) in [6.45, 7) is 30.3. The van der Waals surface area contributed by atoms with Crippen LogP contribution in [0.1, 0.15) is 194 Å². The van der Waals surface area contributed by atoms with Gasteiger partial charge in [0.1, 0.15) is 0 Å². The molecule has 17 heteroatoms. The van der Waals surface area contributed by atoms with Gasteiger partial charge in [-0.15, -0.1) is 0 Å². The lowest BCUT2D eigenvalue weighted by molar-refractivity contribution is -0.891. The normalized spacial score (nSPS) is 13.3. The first kappa shape index (κ1) is 91.1. The van der Waals surface area contributed by atoms with Crippen molar-refractivity contribution in [1.82, 2.24) is 30.7 Å². The Morgan fingerprint density at radius 3 is 1.45 bits per heavy atom. The van der Waals surface area contributed by atoms with Gasteiger partial charge in [-0.2, -0.15) is 0 Å². The van der Waals surface area contributed by atoms with E-state index in [0.717, 1.165) is 123 Å². The van der Waals surface area contributed by atoms with Gasteiger partial charge < -0.3 is 73.6 Å². The molecule has 3 N–H and O–H groups in total. The molecule has 0 bridgehead atoms. The van der Waals surface area contributed by atoms with Crippen molar-refractivity contribution >= 4 is 61.4 Å². The van der Waals surface area contributed by atoms with Crippen LogP contribution in [0.25, 0.3) is 0 Å². The van der Waals surface area contributed by atoms with Gasteiger partial charge in [-0.1, -0.05) is 129 Å². The van der Waals surface area contributed by atoms with Crippen molar-refractivity contribution in [2.24, 2.45) is 10.8 Å². The molecule has 2 fully saturated rings. The van der Waals surface area contributed by atoms with Crippen molar-refractivity contribution in [3.05, 3.63) is 24.9 Å². The lowest BCUT2D eigenvalue weighted by Crippen LogP contribution is -3.00. The van der Waals surface area contributed by atoms with Crippen LogP contribution in [0.5, 0.6) is 0 Å². The van der Waals surface area contributed by atoms with Crippen molar-refractivity contribution < 1.29 is 66.9 Å². The number of likely N-dealkylation sites (tertiary alicyclic amines) is 2. The van der Waals surface area contributed by atoms with Crippen molar-refractivity contribution in [1.29, 1.82) is 0 Å². The zero-order chi connectivity index (χ0) is 53.8. The second-order valence-electron chi connectivity index (χ2n) is 22.8. The molecule has 0 saturated carbocycles. The van der Waals surface area contributed by atoms with Gasteiger partial charge in [0.05, 0.1) is 54.4 Å².